The highest BCUT2D eigenvalue weighted by atomic mass is 32.2. The maximum Gasteiger partial charge on any atom is 0.281 e. The van der Waals surface area contributed by atoms with E-state index in [0.717, 1.165) is 6.07 Å². The summed E-state index contributed by atoms with van der Waals surface area (Å²) in [4.78, 5) is 17.0. The predicted octanol–water partition coefficient (Wildman–Crippen LogP) is 3.72. The van der Waals surface area contributed by atoms with Crippen LogP contribution in [0.2, 0.25) is 0 Å². The number of nitrogens with one attached hydrogen (secondary N) is 2. The van der Waals surface area contributed by atoms with Crippen LogP contribution in [0.15, 0.2) is 41.4 Å². The lowest BCUT2D eigenvalue weighted by Gasteiger charge is -2.30. The monoisotopic (exact) mass is 527 g/mol. The first-order chi connectivity index (χ1) is 16.9. The second kappa shape index (κ2) is 9.89. The Bertz CT molecular complexity index is 1230. The van der Waals surface area contributed by atoms with Crippen molar-refractivity contribution in [3.05, 3.63) is 47.8 Å². The van der Waals surface area contributed by atoms with Crippen molar-refractivity contribution in [3.63, 3.8) is 0 Å². The summed E-state index contributed by atoms with van der Waals surface area (Å²) in [5.41, 5.74) is -0.998. The number of aromatic nitrogens is 1. The van der Waals surface area contributed by atoms with Crippen molar-refractivity contribution >= 4 is 21.7 Å². The second-order valence-electron chi connectivity index (χ2n) is 9.43. The average Bonchev–Trinajstić information content (AvgIpc) is 3.60. The van der Waals surface area contributed by atoms with E-state index in [4.69, 9.17) is 9.84 Å². The number of rotatable bonds is 9. The fourth-order valence-electron chi connectivity index (χ4n) is 4.19. The molecule has 2 aliphatic carbocycles. The van der Waals surface area contributed by atoms with Gasteiger partial charge in [-0.05, 0) is 49.4 Å². The van der Waals surface area contributed by atoms with Crippen molar-refractivity contribution in [2.75, 3.05) is 11.9 Å². The van der Waals surface area contributed by atoms with Crippen LogP contribution < -0.4 is 14.8 Å². The summed E-state index contributed by atoms with van der Waals surface area (Å²) in [5.74, 6) is -4.31. The Morgan fingerprint density at radius 2 is 1.89 bits per heavy atom. The highest BCUT2D eigenvalue weighted by Crippen LogP contribution is 2.47. The van der Waals surface area contributed by atoms with E-state index in [0.29, 0.717) is 5.56 Å². The fourth-order valence-corrected chi connectivity index (χ4v) is 5.21. The first-order valence-electron chi connectivity index (χ1n) is 11.7. The molecule has 0 spiro atoms. The lowest BCUT2D eigenvalue weighted by Crippen LogP contribution is -2.43. The molecule has 4 rings (SSSR count). The van der Waals surface area contributed by atoms with Crippen molar-refractivity contribution in [1.29, 1.82) is 0 Å². The topological polar surface area (TPSA) is 118 Å². The van der Waals surface area contributed by atoms with E-state index < -0.39 is 38.3 Å². The summed E-state index contributed by atoms with van der Waals surface area (Å²) in [5, 5.41) is 11.6. The van der Waals surface area contributed by atoms with Gasteiger partial charge in [0, 0.05) is 37.8 Å². The van der Waals surface area contributed by atoms with Crippen LogP contribution in [0.4, 0.5) is 19.0 Å². The fraction of sp³-hybridized carbons (Fsp3) is 0.500. The lowest BCUT2D eigenvalue weighted by molar-refractivity contribution is -0.128. The largest absolute Gasteiger partial charge is 0.477 e. The number of ether oxygens (including phenoxy) is 1. The summed E-state index contributed by atoms with van der Waals surface area (Å²) < 4.78 is 74.9. The van der Waals surface area contributed by atoms with E-state index in [9.17, 15) is 26.4 Å². The van der Waals surface area contributed by atoms with Crippen molar-refractivity contribution < 1.29 is 36.2 Å². The first kappa shape index (κ1) is 26.2. The predicted molar refractivity (Wildman–Crippen MR) is 125 cm³/mol. The van der Waals surface area contributed by atoms with Crippen molar-refractivity contribution in [3.8, 4) is 5.75 Å². The number of pyridine rings is 1. The summed E-state index contributed by atoms with van der Waals surface area (Å²) >= 11 is 0. The van der Waals surface area contributed by atoms with Gasteiger partial charge in [-0.25, -0.2) is 22.9 Å². The van der Waals surface area contributed by atoms with Gasteiger partial charge in [0.2, 0.25) is 5.92 Å². The number of carbonyl (C=O) groups is 1. The van der Waals surface area contributed by atoms with Crippen molar-refractivity contribution in [2.45, 2.75) is 74.0 Å². The lowest BCUT2D eigenvalue weighted by atomic mass is 9.82. The number of aliphatic hydroxyl groups is 1. The highest BCUT2D eigenvalue weighted by Gasteiger charge is 2.54. The quantitative estimate of drug-likeness (QED) is 0.455. The zero-order valence-electron chi connectivity index (χ0n) is 19.6. The summed E-state index contributed by atoms with van der Waals surface area (Å²) in [6.07, 6.45) is 0.194. The minimum absolute atomic E-state index is 0.0533. The van der Waals surface area contributed by atoms with Gasteiger partial charge in [-0.1, -0.05) is 12.1 Å². The van der Waals surface area contributed by atoms with E-state index in [1.54, 1.807) is 6.92 Å². The molecule has 2 fully saturated rings. The number of aliphatic hydroxyl groups excluding tert-OH is 1. The molecule has 0 saturated heterocycles. The third kappa shape index (κ3) is 5.92. The maximum absolute atomic E-state index is 14.1. The van der Waals surface area contributed by atoms with E-state index in [1.165, 1.54) is 30.3 Å². The molecule has 1 atom stereocenters. The van der Waals surface area contributed by atoms with E-state index >= 15 is 0 Å². The Balaban J connectivity index is 1.50. The molecule has 0 aliphatic heterocycles. The molecule has 12 heteroatoms. The van der Waals surface area contributed by atoms with Gasteiger partial charge in [0.25, 0.3) is 15.9 Å². The molecule has 8 nitrogen and oxygen atoms in total. The average molecular weight is 528 g/mol. The van der Waals surface area contributed by atoms with Gasteiger partial charge in [0.15, 0.2) is 10.6 Å². The number of amides is 1. The Hall–Kier alpha value is -2.86. The third-order valence-electron chi connectivity index (χ3n) is 6.45. The van der Waals surface area contributed by atoms with Gasteiger partial charge in [-0.15, -0.1) is 0 Å². The Labute approximate surface area is 207 Å². The molecule has 2 aliphatic rings. The van der Waals surface area contributed by atoms with Crippen LogP contribution in [-0.2, 0) is 14.8 Å². The van der Waals surface area contributed by atoms with Gasteiger partial charge in [-0.2, -0.15) is 8.42 Å². The molecule has 0 bridgehead atoms. The zero-order chi connectivity index (χ0) is 26.1. The van der Waals surface area contributed by atoms with Gasteiger partial charge >= 0.3 is 0 Å². The normalized spacial score (nSPS) is 19.8. The van der Waals surface area contributed by atoms with E-state index in [-0.39, 0.29) is 68.7 Å². The maximum atomic E-state index is 14.1. The van der Waals surface area contributed by atoms with Crippen LogP contribution in [0.3, 0.4) is 0 Å². The molecule has 2 saturated carbocycles. The zero-order valence-corrected chi connectivity index (χ0v) is 20.5. The molecule has 1 amide bonds. The van der Waals surface area contributed by atoms with E-state index in [1.807, 2.05) is 4.72 Å². The smallest absolute Gasteiger partial charge is 0.281 e. The Morgan fingerprint density at radius 1 is 1.19 bits per heavy atom. The highest BCUT2D eigenvalue weighted by molar-refractivity contribution is 7.90. The Kier molecular flexibility index (Phi) is 7.20. The summed E-state index contributed by atoms with van der Waals surface area (Å²) in [6, 6.07) is 7.59. The van der Waals surface area contributed by atoms with Gasteiger partial charge in [-0.3, -0.25) is 4.79 Å². The number of sulfonamides is 1. The number of hydrogen-bond acceptors (Lipinski definition) is 7. The van der Waals surface area contributed by atoms with Crippen LogP contribution >= 0.6 is 0 Å². The molecule has 1 aromatic heterocycles. The molecule has 36 heavy (non-hydrogen) atoms. The van der Waals surface area contributed by atoms with Crippen LogP contribution in [0.5, 0.6) is 5.75 Å². The minimum Gasteiger partial charge on any atom is -0.477 e. The molecule has 0 unspecified atom stereocenters. The van der Waals surface area contributed by atoms with Gasteiger partial charge in [0.05, 0.1) is 6.61 Å². The van der Waals surface area contributed by atoms with Crippen molar-refractivity contribution in [2.24, 2.45) is 0 Å². The molecule has 2 aromatic rings. The number of carbonyl (C=O) groups excluding carboxylic acids is 1. The van der Waals surface area contributed by atoms with Crippen LogP contribution in [0, 0.1) is 5.82 Å². The number of nitrogens with zero attached hydrogens (tertiary/aromatic N) is 1. The number of benzene rings is 1. The number of anilines is 1. The number of alkyl halides is 2. The number of hydrogen-bond donors (Lipinski definition) is 3. The first-order valence-corrected chi connectivity index (χ1v) is 13.2. The molecule has 196 valence electrons. The van der Waals surface area contributed by atoms with E-state index in [2.05, 4.69) is 10.3 Å². The van der Waals surface area contributed by atoms with Crippen LogP contribution in [-0.4, -0.2) is 48.6 Å². The molecular weight excluding hydrogens is 499 g/mol. The van der Waals surface area contributed by atoms with Crippen LogP contribution in [0.1, 0.15) is 56.9 Å². The molecule has 0 radical (unpaired) electrons. The second-order valence-corrected chi connectivity index (χ2v) is 11.1. The van der Waals surface area contributed by atoms with Crippen LogP contribution in [0.25, 0.3) is 0 Å². The summed E-state index contributed by atoms with van der Waals surface area (Å²) in [7, 11) is -4.36. The molecule has 1 aromatic carbocycles. The SMILES string of the molecule is C[C@@H](CO)Nc1cccc(S(=O)(=O)NC(=O)C2(Oc3cc(F)ccc3C3CCC(F)(F)CC3)CC2)n1. The van der Waals surface area contributed by atoms with Crippen molar-refractivity contribution in [1.82, 2.24) is 9.71 Å². The van der Waals surface area contributed by atoms with Gasteiger partial charge in [0.1, 0.15) is 17.4 Å². The third-order valence-corrected chi connectivity index (χ3v) is 7.68. The standard InChI is InChI=1S/C24H28F3N3O5S/c1-15(14-31)28-20-3-2-4-21(29-20)36(33,34)30-22(32)23(11-12-23)35-19-13-17(25)5-6-18(19)16-7-9-24(26,27)10-8-16/h2-6,13,15-16,31H,7-12,14H2,1H3,(H,28,29)(H,30,32)/t15-/m0/s1. The van der Waals surface area contributed by atoms with Gasteiger partial charge < -0.3 is 15.2 Å². The molecule has 1 heterocycles. The Morgan fingerprint density at radius 3 is 2.53 bits per heavy atom. The minimum atomic E-state index is -4.36. The molecular formula is C24H28F3N3O5S. The summed E-state index contributed by atoms with van der Waals surface area (Å²) in [6.45, 7) is 1.49. The molecule has 3 N–H and O–H groups in total. The number of halogens is 3.